The second-order valence-electron chi connectivity index (χ2n) is 8.39. The van der Waals surface area contributed by atoms with Gasteiger partial charge < -0.3 is 10.1 Å². The van der Waals surface area contributed by atoms with Gasteiger partial charge in [-0.05, 0) is 43.0 Å². The van der Waals surface area contributed by atoms with Gasteiger partial charge in [0, 0.05) is 23.2 Å². The molecule has 30 heavy (non-hydrogen) atoms. The van der Waals surface area contributed by atoms with E-state index in [1.54, 1.807) is 4.68 Å². The van der Waals surface area contributed by atoms with E-state index >= 15 is 0 Å². The summed E-state index contributed by atoms with van der Waals surface area (Å²) in [5.74, 6) is -0.0164. The summed E-state index contributed by atoms with van der Waals surface area (Å²) in [5.41, 5.74) is 3.31. The number of nitrogens with one attached hydrogen (secondary N) is 1. The van der Waals surface area contributed by atoms with Gasteiger partial charge in [-0.15, -0.1) is 0 Å². The normalized spacial score (nSPS) is 22.9. The van der Waals surface area contributed by atoms with Crippen LogP contribution in [-0.4, -0.2) is 28.3 Å². The minimum Gasteiger partial charge on any atom is -0.465 e. The van der Waals surface area contributed by atoms with Gasteiger partial charge >= 0.3 is 5.97 Å². The summed E-state index contributed by atoms with van der Waals surface area (Å²) in [7, 11) is 0. The van der Waals surface area contributed by atoms with Crippen molar-refractivity contribution in [2.24, 2.45) is 11.3 Å². The van der Waals surface area contributed by atoms with E-state index in [0.29, 0.717) is 19.4 Å². The molecule has 2 unspecified atom stereocenters. The molecule has 1 aromatic heterocycles. The largest absolute Gasteiger partial charge is 0.465 e. The molecular formula is C24H23N3O3. The molecule has 152 valence electrons. The number of aromatic nitrogens is 2. The Morgan fingerprint density at radius 1 is 1.23 bits per heavy atom. The van der Waals surface area contributed by atoms with Crippen LogP contribution in [0.5, 0.6) is 0 Å². The maximum Gasteiger partial charge on any atom is 0.313 e. The second kappa shape index (κ2) is 7.13. The molecule has 0 spiro atoms. The quantitative estimate of drug-likeness (QED) is 0.522. The molecule has 5 rings (SSSR count). The summed E-state index contributed by atoms with van der Waals surface area (Å²) in [5, 5.41) is 8.33. The minimum absolute atomic E-state index is 0.102. The average Bonchev–Trinajstić information content (AvgIpc) is 3.35. The fourth-order valence-electron chi connectivity index (χ4n) is 4.78. The number of nitrogens with zero attached hydrogens (tertiary/aromatic N) is 2. The van der Waals surface area contributed by atoms with Gasteiger partial charge in [0.2, 0.25) is 5.91 Å². The number of cyclic esters (lactones) is 1. The van der Waals surface area contributed by atoms with Gasteiger partial charge in [-0.3, -0.25) is 14.3 Å². The van der Waals surface area contributed by atoms with Crippen LogP contribution in [0.4, 0.5) is 5.69 Å². The summed E-state index contributed by atoms with van der Waals surface area (Å²) in [6.07, 6.45) is 4.07. The van der Waals surface area contributed by atoms with E-state index in [2.05, 4.69) is 17.0 Å². The number of carbonyl (C=O) groups excluding carboxylic acids is 2. The van der Waals surface area contributed by atoms with Gasteiger partial charge in [0.25, 0.3) is 0 Å². The number of esters is 1. The first-order chi connectivity index (χ1) is 14.5. The number of rotatable bonds is 5. The smallest absolute Gasteiger partial charge is 0.313 e. The molecule has 0 radical (unpaired) electrons. The highest BCUT2D eigenvalue weighted by Gasteiger charge is 2.55. The van der Waals surface area contributed by atoms with Crippen LogP contribution in [0.15, 0.2) is 66.9 Å². The highest BCUT2D eigenvalue weighted by Crippen LogP contribution is 2.52. The fourth-order valence-corrected chi connectivity index (χ4v) is 4.78. The predicted octanol–water partition coefficient (Wildman–Crippen LogP) is 3.73. The van der Waals surface area contributed by atoms with Crippen LogP contribution in [0.3, 0.4) is 0 Å². The molecule has 1 saturated carbocycles. The molecule has 2 fully saturated rings. The first-order valence-electron chi connectivity index (χ1n) is 10.2. The molecule has 6 nitrogen and oxygen atoms in total. The number of anilines is 1. The van der Waals surface area contributed by atoms with Crippen molar-refractivity contribution in [3.05, 3.63) is 72.4 Å². The SMILES string of the molecule is C=C1CC2COC(=O)C2(Cc2ccc(NC(=O)Cn3cc4ccccc4n3)cc2)C1. The average molecular weight is 401 g/mol. The molecule has 1 saturated heterocycles. The van der Waals surface area contributed by atoms with Gasteiger partial charge in [-0.1, -0.05) is 42.5 Å². The zero-order valence-electron chi connectivity index (χ0n) is 16.6. The first-order valence-corrected chi connectivity index (χ1v) is 10.2. The number of benzene rings is 2. The Bertz CT molecular complexity index is 1110. The van der Waals surface area contributed by atoms with Crippen molar-refractivity contribution >= 4 is 28.5 Å². The van der Waals surface area contributed by atoms with Gasteiger partial charge in [-0.25, -0.2) is 0 Å². The lowest BCUT2D eigenvalue weighted by Gasteiger charge is -2.24. The van der Waals surface area contributed by atoms with E-state index in [4.69, 9.17) is 4.74 Å². The zero-order valence-corrected chi connectivity index (χ0v) is 16.6. The number of amides is 1. The molecule has 2 aromatic carbocycles. The molecule has 1 amide bonds. The molecule has 1 N–H and O–H groups in total. The van der Waals surface area contributed by atoms with E-state index < -0.39 is 5.41 Å². The monoisotopic (exact) mass is 401 g/mol. The van der Waals surface area contributed by atoms with Crippen molar-refractivity contribution in [2.45, 2.75) is 25.8 Å². The first kappa shape index (κ1) is 18.6. The van der Waals surface area contributed by atoms with Crippen molar-refractivity contribution in [1.29, 1.82) is 0 Å². The van der Waals surface area contributed by atoms with Crippen LogP contribution in [0, 0.1) is 11.3 Å². The van der Waals surface area contributed by atoms with E-state index in [1.807, 2.05) is 54.7 Å². The minimum atomic E-state index is -0.468. The lowest BCUT2D eigenvalue weighted by atomic mass is 9.75. The van der Waals surface area contributed by atoms with Crippen molar-refractivity contribution in [2.75, 3.05) is 11.9 Å². The summed E-state index contributed by atoms with van der Waals surface area (Å²) >= 11 is 0. The maximum absolute atomic E-state index is 12.4. The number of ether oxygens (including phenoxy) is 1. The highest BCUT2D eigenvalue weighted by molar-refractivity contribution is 5.91. The zero-order chi connectivity index (χ0) is 20.7. The van der Waals surface area contributed by atoms with Gasteiger partial charge in [0.15, 0.2) is 0 Å². The number of fused-ring (bicyclic) bond motifs is 2. The second-order valence-corrected chi connectivity index (χ2v) is 8.39. The lowest BCUT2D eigenvalue weighted by molar-refractivity contribution is -0.146. The summed E-state index contributed by atoms with van der Waals surface area (Å²) < 4.78 is 7.00. The van der Waals surface area contributed by atoms with Gasteiger partial charge in [0.05, 0.1) is 17.5 Å². The van der Waals surface area contributed by atoms with Crippen LogP contribution < -0.4 is 5.32 Å². The molecule has 2 aliphatic rings. The molecule has 0 bridgehead atoms. The fraction of sp³-hybridized carbons (Fsp3) is 0.292. The molecule has 2 heterocycles. The Labute approximate surface area is 174 Å². The molecular weight excluding hydrogens is 378 g/mol. The van der Waals surface area contributed by atoms with Crippen molar-refractivity contribution in [1.82, 2.24) is 9.78 Å². The van der Waals surface area contributed by atoms with Crippen LogP contribution in [0.25, 0.3) is 10.9 Å². The topological polar surface area (TPSA) is 73.2 Å². The van der Waals surface area contributed by atoms with Gasteiger partial charge in [-0.2, -0.15) is 5.10 Å². The Hall–Kier alpha value is -3.41. The third-order valence-corrected chi connectivity index (χ3v) is 6.23. The number of carbonyl (C=O) groups is 2. The van der Waals surface area contributed by atoms with E-state index in [-0.39, 0.29) is 24.3 Å². The molecule has 1 aliphatic carbocycles. The Morgan fingerprint density at radius 2 is 2.03 bits per heavy atom. The summed E-state index contributed by atoms with van der Waals surface area (Å²) in [6, 6.07) is 15.5. The standard InChI is InChI=1S/C24H23N3O3/c1-16-10-19-15-30-23(29)24(19,11-16)12-17-6-8-20(9-7-17)25-22(28)14-27-13-18-4-2-3-5-21(18)26-27/h2-9,13,19H,1,10-12,14-15H2,(H,25,28). The third kappa shape index (κ3) is 3.28. The lowest BCUT2D eigenvalue weighted by Crippen LogP contribution is -2.31. The molecule has 6 heteroatoms. The van der Waals surface area contributed by atoms with Crippen LogP contribution in [-0.2, 0) is 27.3 Å². The van der Waals surface area contributed by atoms with E-state index in [9.17, 15) is 9.59 Å². The number of allylic oxidation sites excluding steroid dienone is 1. The van der Waals surface area contributed by atoms with Crippen molar-refractivity contribution in [3.8, 4) is 0 Å². The molecule has 1 aliphatic heterocycles. The van der Waals surface area contributed by atoms with E-state index in [1.165, 1.54) is 0 Å². The Kier molecular flexibility index (Phi) is 4.42. The third-order valence-electron chi connectivity index (χ3n) is 6.23. The van der Waals surface area contributed by atoms with Crippen LogP contribution in [0.1, 0.15) is 18.4 Å². The molecule has 3 aromatic rings. The highest BCUT2D eigenvalue weighted by atomic mass is 16.5. The van der Waals surface area contributed by atoms with Crippen LogP contribution >= 0.6 is 0 Å². The van der Waals surface area contributed by atoms with Crippen LogP contribution in [0.2, 0.25) is 0 Å². The Balaban J connectivity index is 1.24. The maximum atomic E-state index is 12.4. The van der Waals surface area contributed by atoms with E-state index in [0.717, 1.165) is 34.1 Å². The Morgan fingerprint density at radius 3 is 2.83 bits per heavy atom. The predicted molar refractivity (Wildman–Crippen MR) is 114 cm³/mol. The number of hydrogen-bond acceptors (Lipinski definition) is 4. The summed E-state index contributed by atoms with van der Waals surface area (Å²) in [6.45, 7) is 4.73. The summed E-state index contributed by atoms with van der Waals surface area (Å²) in [4.78, 5) is 24.9. The molecule has 2 atom stereocenters. The van der Waals surface area contributed by atoms with Crippen molar-refractivity contribution in [3.63, 3.8) is 0 Å². The van der Waals surface area contributed by atoms with Gasteiger partial charge in [0.1, 0.15) is 6.54 Å². The number of hydrogen-bond donors (Lipinski definition) is 1. The van der Waals surface area contributed by atoms with Crippen molar-refractivity contribution < 1.29 is 14.3 Å².